The molecule has 8 nitrogen and oxygen atoms in total. The Labute approximate surface area is 209 Å². The largest absolute Gasteiger partial charge is 0.484 e. The second-order valence-corrected chi connectivity index (χ2v) is 9.45. The number of hydrogen-bond donors (Lipinski definition) is 0. The molecule has 0 unspecified atom stereocenters. The maximum absolute atomic E-state index is 13.4. The molecule has 1 amide bonds. The van der Waals surface area contributed by atoms with Crippen molar-refractivity contribution in [2.45, 2.75) is 43.8 Å². The molecule has 36 heavy (non-hydrogen) atoms. The minimum absolute atomic E-state index is 0.00527. The SMILES string of the molecule is CCOCCCCN(C)C(=O)n1c([S@](=O)Cc2nccc(OCC(F)(F)F)c2C)nc2ccccc21. The third-order valence-electron chi connectivity index (χ3n) is 5.41. The van der Waals surface area contributed by atoms with Crippen LogP contribution in [0.15, 0.2) is 41.7 Å². The molecule has 3 aromatic rings. The van der Waals surface area contributed by atoms with E-state index in [1.807, 2.05) is 6.92 Å². The molecule has 1 aromatic carbocycles. The molecule has 12 heteroatoms. The van der Waals surface area contributed by atoms with E-state index in [9.17, 15) is 22.2 Å². The Morgan fingerprint density at radius 1 is 1.19 bits per heavy atom. The Morgan fingerprint density at radius 2 is 1.94 bits per heavy atom. The Kier molecular flexibility index (Phi) is 9.43. The van der Waals surface area contributed by atoms with Gasteiger partial charge in [-0.1, -0.05) is 12.1 Å². The summed E-state index contributed by atoms with van der Waals surface area (Å²) in [5.74, 6) is -0.144. The molecule has 0 spiro atoms. The number of carbonyl (C=O) groups is 1. The Balaban J connectivity index is 1.84. The second-order valence-electron chi connectivity index (χ2n) is 8.10. The van der Waals surface area contributed by atoms with Crippen LogP contribution in [0.3, 0.4) is 0 Å². The van der Waals surface area contributed by atoms with Crippen molar-refractivity contribution in [1.29, 1.82) is 0 Å². The number of benzene rings is 1. The zero-order valence-corrected chi connectivity index (χ0v) is 21.2. The van der Waals surface area contributed by atoms with Crippen LogP contribution in [-0.2, 0) is 21.3 Å². The number of aromatic nitrogens is 3. The fourth-order valence-corrected chi connectivity index (χ4v) is 4.76. The van der Waals surface area contributed by atoms with E-state index in [1.165, 1.54) is 21.7 Å². The lowest BCUT2D eigenvalue weighted by molar-refractivity contribution is -0.153. The molecule has 3 rings (SSSR count). The number of rotatable bonds is 11. The van der Waals surface area contributed by atoms with Gasteiger partial charge < -0.3 is 14.4 Å². The van der Waals surface area contributed by atoms with Gasteiger partial charge in [-0.05, 0) is 44.9 Å². The monoisotopic (exact) mass is 526 g/mol. The van der Waals surface area contributed by atoms with Crippen LogP contribution >= 0.6 is 0 Å². The highest BCUT2D eigenvalue weighted by Gasteiger charge is 2.29. The third-order valence-corrected chi connectivity index (χ3v) is 6.62. The summed E-state index contributed by atoms with van der Waals surface area (Å²) in [6.45, 7) is 3.75. The third kappa shape index (κ3) is 7.03. The predicted molar refractivity (Wildman–Crippen MR) is 130 cm³/mol. The van der Waals surface area contributed by atoms with Crippen LogP contribution in [0.5, 0.6) is 5.75 Å². The minimum atomic E-state index is -4.49. The van der Waals surface area contributed by atoms with Gasteiger partial charge >= 0.3 is 12.2 Å². The zero-order chi connectivity index (χ0) is 26.3. The molecule has 2 aromatic heterocycles. The normalized spacial score (nSPS) is 12.6. The number of carbonyl (C=O) groups excluding carboxylic acids is 1. The average Bonchev–Trinajstić information content (AvgIpc) is 3.23. The zero-order valence-electron chi connectivity index (χ0n) is 20.4. The van der Waals surface area contributed by atoms with Gasteiger partial charge in [0.25, 0.3) is 0 Å². The summed E-state index contributed by atoms with van der Waals surface area (Å²) in [4.78, 5) is 23.5. The highest BCUT2D eigenvalue weighted by molar-refractivity contribution is 7.84. The molecule has 0 aliphatic heterocycles. The van der Waals surface area contributed by atoms with E-state index in [-0.39, 0.29) is 22.7 Å². The topological polar surface area (TPSA) is 86.6 Å². The lowest BCUT2D eigenvalue weighted by Crippen LogP contribution is -2.33. The molecule has 0 fully saturated rings. The molecular formula is C24H29F3N4O4S. The Bertz CT molecular complexity index is 1220. The molecule has 0 radical (unpaired) electrons. The number of unbranched alkanes of at least 4 members (excludes halogenated alkanes) is 1. The maximum atomic E-state index is 13.4. The van der Waals surface area contributed by atoms with Gasteiger partial charge in [-0.3, -0.25) is 9.19 Å². The van der Waals surface area contributed by atoms with E-state index < -0.39 is 23.6 Å². The van der Waals surface area contributed by atoms with Crippen LogP contribution in [0.4, 0.5) is 18.0 Å². The standard InChI is InChI=1S/C24H29F3N4O4S/c1-4-34-14-8-7-13-30(3)23(32)31-20-10-6-5-9-18(20)29-22(31)36(33)15-19-17(2)21(11-12-28-19)35-16-24(25,26)27/h5-6,9-12H,4,7-8,13-16H2,1-3H3/t36-/m1/s1. The van der Waals surface area contributed by atoms with Crippen LogP contribution < -0.4 is 4.74 Å². The van der Waals surface area contributed by atoms with Gasteiger partial charge in [0.15, 0.2) is 6.61 Å². The summed E-state index contributed by atoms with van der Waals surface area (Å²) in [5, 5.41) is 0.0465. The first-order valence-electron chi connectivity index (χ1n) is 11.5. The lowest BCUT2D eigenvalue weighted by atomic mass is 10.2. The summed E-state index contributed by atoms with van der Waals surface area (Å²) in [6, 6.07) is 7.91. The molecule has 0 aliphatic rings. The molecule has 0 bridgehead atoms. The summed E-state index contributed by atoms with van der Waals surface area (Å²) in [5.41, 5.74) is 1.66. The van der Waals surface area contributed by atoms with Crippen molar-refractivity contribution in [3.05, 3.63) is 47.8 Å². The quantitative estimate of drug-likeness (QED) is 0.337. The first kappa shape index (κ1) is 27.6. The van der Waals surface area contributed by atoms with Crippen LogP contribution in [0, 0.1) is 6.92 Å². The number of alkyl halides is 3. The van der Waals surface area contributed by atoms with Crippen LogP contribution in [0.25, 0.3) is 11.0 Å². The second kappa shape index (κ2) is 12.3. The highest BCUT2D eigenvalue weighted by atomic mass is 32.2. The summed E-state index contributed by atoms with van der Waals surface area (Å²) in [7, 11) is -0.157. The number of halogens is 3. The van der Waals surface area contributed by atoms with Crippen LogP contribution in [0.1, 0.15) is 31.0 Å². The van der Waals surface area contributed by atoms with E-state index in [0.29, 0.717) is 42.0 Å². The van der Waals surface area contributed by atoms with E-state index in [2.05, 4.69) is 9.97 Å². The molecule has 2 heterocycles. The summed E-state index contributed by atoms with van der Waals surface area (Å²) < 4.78 is 62.7. The van der Waals surface area contributed by atoms with Gasteiger partial charge in [-0.25, -0.2) is 14.3 Å². The van der Waals surface area contributed by atoms with Gasteiger partial charge in [0.1, 0.15) is 5.75 Å². The van der Waals surface area contributed by atoms with Gasteiger partial charge in [-0.15, -0.1) is 0 Å². The minimum Gasteiger partial charge on any atom is -0.484 e. The number of amides is 1. The molecule has 196 valence electrons. The number of ether oxygens (including phenoxy) is 2. The molecular weight excluding hydrogens is 497 g/mol. The van der Waals surface area contributed by atoms with Crippen molar-refractivity contribution >= 4 is 27.9 Å². The molecule has 0 saturated carbocycles. The molecule has 0 saturated heterocycles. The van der Waals surface area contributed by atoms with E-state index in [0.717, 1.165) is 12.8 Å². The van der Waals surface area contributed by atoms with Crippen LogP contribution in [0.2, 0.25) is 0 Å². The maximum Gasteiger partial charge on any atom is 0.422 e. The first-order valence-corrected chi connectivity index (χ1v) is 12.8. The van der Waals surface area contributed by atoms with Gasteiger partial charge in [0.05, 0.1) is 33.3 Å². The van der Waals surface area contributed by atoms with E-state index in [4.69, 9.17) is 9.47 Å². The van der Waals surface area contributed by atoms with Crippen molar-refractivity contribution in [1.82, 2.24) is 19.4 Å². The van der Waals surface area contributed by atoms with Crippen molar-refractivity contribution in [3.8, 4) is 5.75 Å². The van der Waals surface area contributed by atoms with Crippen molar-refractivity contribution in [3.63, 3.8) is 0 Å². The first-order chi connectivity index (χ1) is 17.1. The number of para-hydroxylation sites is 2. The smallest absolute Gasteiger partial charge is 0.422 e. The highest BCUT2D eigenvalue weighted by Crippen LogP contribution is 2.26. The van der Waals surface area contributed by atoms with Gasteiger partial charge in [0.2, 0.25) is 5.16 Å². The van der Waals surface area contributed by atoms with Crippen LogP contribution in [-0.4, -0.2) is 69.3 Å². The van der Waals surface area contributed by atoms with E-state index >= 15 is 0 Å². The number of imidazole rings is 1. The average molecular weight is 527 g/mol. The fourth-order valence-electron chi connectivity index (χ4n) is 3.51. The number of fused-ring (bicyclic) bond motifs is 1. The van der Waals surface area contributed by atoms with E-state index in [1.54, 1.807) is 38.2 Å². The number of nitrogens with zero attached hydrogens (tertiary/aromatic N) is 4. The van der Waals surface area contributed by atoms with Gasteiger partial charge in [-0.2, -0.15) is 13.2 Å². The molecule has 0 N–H and O–H groups in total. The summed E-state index contributed by atoms with van der Waals surface area (Å²) >= 11 is 0. The number of hydrogen-bond acceptors (Lipinski definition) is 6. The summed E-state index contributed by atoms with van der Waals surface area (Å²) in [6.07, 6.45) is -1.65. The van der Waals surface area contributed by atoms with Crippen molar-refractivity contribution in [2.75, 3.05) is 33.4 Å². The van der Waals surface area contributed by atoms with Gasteiger partial charge in [0, 0.05) is 38.6 Å². The Morgan fingerprint density at radius 3 is 2.67 bits per heavy atom. The predicted octanol–water partition coefficient (Wildman–Crippen LogP) is 4.71. The Hall–Kier alpha value is -2.99. The van der Waals surface area contributed by atoms with Crippen molar-refractivity contribution < 1.29 is 31.6 Å². The molecule has 0 aliphatic carbocycles. The lowest BCUT2D eigenvalue weighted by Gasteiger charge is -2.19. The molecule has 1 atom stereocenters. The van der Waals surface area contributed by atoms with Crippen molar-refractivity contribution in [2.24, 2.45) is 0 Å². The number of pyridine rings is 1. The fraction of sp³-hybridized carbons (Fsp3) is 0.458.